The van der Waals surface area contributed by atoms with Gasteiger partial charge in [-0.25, -0.2) is 4.79 Å². The Hall–Kier alpha value is -2.29. The standard InChI is InChI=1S/C20H25NO2/c1-19(2,3)23-18(22)21-17-13-11-16(12-14-17)20(4,5)15-9-7-6-8-10-15/h6-14H,1-5H3,(H,21,22). The third-order valence-corrected chi connectivity index (χ3v) is 3.75. The maximum Gasteiger partial charge on any atom is 0.412 e. The first kappa shape index (κ1) is 17.1. The molecule has 0 aliphatic carbocycles. The van der Waals surface area contributed by atoms with Crippen LogP contribution in [0.15, 0.2) is 54.6 Å². The Balaban J connectivity index is 2.12. The number of ether oxygens (including phenoxy) is 1. The molecule has 122 valence electrons. The van der Waals surface area contributed by atoms with Gasteiger partial charge in [0.05, 0.1) is 0 Å². The van der Waals surface area contributed by atoms with Gasteiger partial charge < -0.3 is 4.74 Å². The van der Waals surface area contributed by atoms with Crippen molar-refractivity contribution in [1.29, 1.82) is 0 Å². The molecule has 0 aliphatic rings. The Morgan fingerprint density at radius 2 is 1.35 bits per heavy atom. The quantitative estimate of drug-likeness (QED) is 0.828. The predicted octanol–water partition coefficient (Wildman–Crippen LogP) is 5.36. The van der Waals surface area contributed by atoms with Crippen LogP contribution in [0.2, 0.25) is 0 Å². The monoisotopic (exact) mass is 311 g/mol. The number of carbonyl (C=O) groups excluding carboxylic acids is 1. The maximum absolute atomic E-state index is 11.8. The molecule has 1 N–H and O–H groups in total. The zero-order chi connectivity index (χ0) is 17.1. The summed E-state index contributed by atoms with van der Waals surface area (Å²) in [4.78, 5) is 11.8. The summed E-state index contributed by atoms with van der Waals surface area (Å²) in [5.74, 6) is 0. The Morgan fingerprint density at radius 1 is 0.826 bits per heavy atom. The van der Waals surface area contributed by atoms with E-state index in [0.29, 0.717) is 0 Å². The van der Waals surface area contributed by atoms with Crippen LogP contribution in [0.3, 0.4) is 0 Å². The second-order valence-electron chi connectivity index (χ2n) is 7.20. The number of nitrogens with one attached hydrogen (secondary N) is 1. The average Bonchev–Trinajstić information content (AvgIpc) is 2.46. The molecule has 0 aromatic heterocycles. The Bertz CT molecular complexity index is 652. The number of carbonyl (C=O) groups is 1. The summed E-state index contributed by atoms with van der Waals surface area (Å²) in [7, 11) is 0. The lowest BCUT2D eigenvalue weighted by Crippen LogP contribution is -2.27. The molecule has 0 fully saturated rings. The molecule has 0 heterocycles. The molecule has 0 aliphatic heterocycles. The first-order valence-corrected chi connectivity index (χ1v) is 7.84. The van der Waals surface area contributed by atoms with Crippen molar-refractivity contribution < 1.29 is 9.53 Å². The van der Waals surface area contributed by atoms with Gasteiger partial charge in [-0.05, 0) is 44.0 Å². The lowest BCUT2D eigenvalue weighted by atomic mass is 9.78. The van der Waals surface area contributed by atoms with Crippen molar-refractivity contribution in [3.05, 3.63) is 65.7 Å². The Labute approximate surface area is 138 Å². The number of benzene rings is 2. The fraction of sp³-hybridized carbons (Fsp3) is 0.350. The summed E-state index contributed by atoms with van der Waals surface area (Å²) in [6.45, 7) is 9.92. The third kappa shape index (κ3) is 4.59. The second-order valence-corrected chi connectivity index (χ2v) is 7.20. The summed E-state index contributed by atoms with van der Waals surface area (Å²) in [6, 6.07) is 18.3. The van der Waals surface area contributed by atoms with E-state index >= 15 is 0 Å². The number of rotatable bonds is 3. The largest absolute Gasteiger partial charge is 0.444 e. The smallest absolute Gasteiger partial charge is 0.412 e. The molecule has 0 radical (unpaired) electrons. The maximum atomic E-state index is 11.8. The van der Waals surface area contributed by atoms with E-state index in [9.17, 15) is 4.79 Å². The highest BCUT2D eigenvalue weighted by Crippen LogP contribution is 2.31. The van der Waals surface area contributed by atoms with Crippen LogP contribution in [-0.4, -0.2) is 11.7 Å². The molecule has 0 unspecified atom stereocenters. The minimum absolute atomic E-state index is 0.0916. The van der Waals surface area contributed by atoms with Crippen molar-refractivity contribution in [2.75, 3.05) is 5.32 Å². The van der Waals surface area contributed by atoms with Gasteiger partial charge in [-0.1, -0.05) is 56.3 Å². The highest BCUT2D eigenvalue weighted by atomic mass is 16.6. The molecule has 0 saturated carbocycles. The van der Waals surface area contributed by atoms with Crippen LogP contribution in [0, 0.1) is 0 Å². The fourth-order valence-electron chi connectivity index (χ4n) is 2.41. The van der Waals surface area contributed by atoms with Gasteiger partial charge in [-0.2, -0.15) is 0 Å². The molecule has 23 heavy (non-hydrogen) atoms. The van der Waals surface area contributed by atoms with E-state index in [4.69, 9.17) is 4.74 Å². The van der Waals surface area contributed by atoms with Crippen LogP contribution in [0.25, 0.3) is 0 Å². The first-order chi connectivity index (χ1) is 10.7. The summed E-state index contributed by atoms with van der Waals surface area (Å²) < 4.78 is 5.26. The van der Waals surface area contributed by atoms with Gasteiger partial charge in [0.15, 0.2) is 0 Å². The molecule has 2 aromatic rings. The number of anilines is 1. The SMILES string of the molecule is CC(C)(C)OC(=O)Nc1ccc(C(C)(C)c2ccccc2)cc1. The lowest BCUT2D eigenvalue weighted by Gasteiger charge is -2.26. The van der Waals surface area contributed by atoms with E-state index in [1.807, 2.05) is 51.1 Å². The number of hydrogen-bond acceptors (Lipinski definition) is 2. The van der Waals surface area contributed by atoms with Gasteiger partial charge in [-0.3, -0.25) is 5.32 Å². The topological polar surface area (TPSA) is 38.3 Å². The zero-order valence-corrected chi connectivity index (χ0v) is 14.5. The molecule has 0 atom stereocenters. The number of amides is 1. The summed E-state index contributed by atoms with van der Waals surface area (Å²) in [5.41, 5.74) is 2.59. The van der Waals surface area contributed by atoms with Gasteiger partial charge >= 0.3 is 6.09 Å². The van der Waals surface area contributed by atoms with Crippen molar-refractivity contribution in [2.24, 2.45) is 0 Å². The van der Waals surface area contributed by atoms with Gasteiger partial charge in [0.2, 0.25) is 0 Å². The molecule has 0 bridgehead atoms. The van der Waals surface area contributed by atoms with E-state index in [2.05, 4.69) is 43.4 Å². The molecule has 1 amide bonds. The Kier molecular flexibility index (Phi) is 4.79. The van der Waals surface area contributed by atoms with Gasteiger partial charge in [0, 0.05) is 11.1 Å². The predicted molar refractivity (Wildman–Crippen MR) is 94.9 cm³/mol. The van der Waals surface area contributed by atoms with Crippen molar-refractivity contribution in [1.82, 2.24) is 0 Å². The molecular weight excluding hydrogens is 286 g/mol. The van der Waals surface area contributed by atoms with E-state index in [1.54, 1.807) is 0 Å². The highest BCUT2D eigenvalue weighted by Gasteiger charge is 2.23. The average molecular weight is 311 g/mol. The molecule has 2 aromatic carbocycles. The van der Waals surface area contributed by atoms with Crippen LogP contribution in [0.1, 0.15) is 45.7 Å². The second kappa shape index (κ2) is 6.45. The minimum Gasteiger partial charge on any atom is -0.444 e. The van der Waals surface area contributed by atoms with E-state index < -0.39 is 11.7 Å². The van der Waals surface area contributed by atoms with Gasteiger partial charge in [-0.15, -0.1) is 0 Å². The van der Waals surface area contributed by atoms with Crippen LogP contribution in [-0.2, 0) is 10.2 Å². The molecular formula is C20H25NO2. The third-order valence-electron chi connectivity index (χ3n) is 3.75. The van der Waals surface area contributed by atoms with Crippen molar-refractivity contribution >= 4 is 11.8 Å². The molecule has 0 saturated heterocycles. The Morgan fingerprint density at radius 3 is 1.87 bits per heavy atom. The van der Waals surface area contributed by atoms with Gasteiger partial charge in [0.25, 0.3) is 0 Å². The minimum atomic E-state index is -0.501. The van der Waals surface area contributed by atoms with E-state index in [0.717, 1.165) is 5.69 Å². The zero-order valence-electron chi connectivity index (χ0n) is 14.5. The molecule has 3 nitrogen and oxygen atoms in total. The van der Waals surface area contributed by atoms with Crippen molar-refractivity contribution in [3.63, 3.8) is 0 Å². The van der Waals surface area contributed by atoms with E-state index in [1.165, 1.54) is 11.1 Å². The lowest BCUT2D eigenvalue weighted by molar-refractivity contribution is 0.0636. The number of hydrogen-bond donors (Lipinski definition) is 1. The summed E-state index contributed by atoms with van der Waals surface area (Å²) in [5, 5.41) is 2.76. The molecule has 2 rings (SSSR count). The van der Waals surface area contributed by atoms with Crippen LogP contribution in [0.4, 0.5) is 10.5 Å². The summed E-state index contributed by atoms with van der Waals surface area (Å²) >= 11 is 0. The van der Waals surface area contributed by atoms with Crippen LogP contribution >= 0.6 is 0 Å². The highest BCUT2D eigenvalue weighted by molar-refractivity contribution is 5.84. The van der Waals surface area contributed by atoms with Crippen LogP contribution in [0.5, 0.6) is 0 Å². The normalized spacial score (nSPS) is 11.9. The van der Waals surface area contributed by atoms with E-state index in [-0.39, 0.29) is 5.41 Å². The van der Waals surface area contributed by atoms with Crippen LogP contribution < -0.4 is 5.32 Å². The van der Waals surface area contributed by atoms with Crippen molar-refractivity contribution in [2.45, 2.75) is 45.6 Å². The molecule has 0 spiro atoms. The first-order valence-electron chi connectivity index (χ1n) is 7.84. The fourth-order valence-corrected chi connectivity index (χ4v) is 2.41. The molecule has 3 heteroatoms. The van der Waals surface area contributed by atoms with Crippen molar-refractivity contribution in [3.8, 4) is 0 Å². The van der Waals surface area contributed by atoms with Gasteiger partial charge in [0.1, 0.15) is 5.60 Å². The summed E-state index contributed by atoms with van der Waals surface area (Å²) in [6.07, 6.45) is -0.437.